The van der Waals surface area contributed by atoms with E-state index in [1.165, 1.54) is 0 Å². The molecule has 1 unspecified atom stereocenters. The maximum Gasteiger partial charge on any atom is 0.303 e. The van der Waals surface area contributed by atoms with Crippen molar-refractivity contribution in [2.75, 3.05) is 13.1 Å². The number of rotatable bonds is 4. The molecular weight excluding hydrogens is 194 g/mol. The van der Waals surface area contributed by atoms with Crippen LogP contribution >= 0.6 is 0 Å². The summed E-state index contributed by atoms with van der Waals surface area (Å²) >= 11 is 0. The van der Waals surface area contributed by atoms with Gasteiger partial charge in [-0.1, -0.05) is 0 Å². The van der Waals surface area contributed by atoms with Crippen LogP contribution in [-0.4, -0.2) is 33.9 Å². The Labute approximate surface area is 88.1 Å². The number of aryl methyl sites for hydroxylation is 1. The van der Waals surface area contributed by atoms with E-state index in [-0.39, 0.29) is 6.42 Å². The van der Waals surface area contributed by atoms with Crippen LogP contribution in [0.1, 0.15) is 24.4 Å². The van der Waals surface area contributed by atoms with Gasteiger partial charge in [0.2, 0.25) is 0 Å². The fourth-order valence-electron chi connectivity index (χ4n) is 1.82. The maximum atomic E-state index is 10.4. The minimum absolute atomic E-state index is 0.175. The second-order valence-corrected chi connectivity index (χ2v) is 3.87. The van der Waals surface area contributed by atoms with E-state index in [0.717, 1.165) is 25.1 Å². The van der Waals surface area contributed by atoms with Crippen molar-refractivity contribution in [3.8, 4) is 0 Å². The molecule has 1 aromatic rings. The molecular formula is C10H15N3O2. The number of carboxylic acids is 1. The van der Waals surface area contributed by atoms with Crippen molar-refractivity contribution in [3.63, 3.8) is 0 Å². The van der Waals surface area contributed by atoms with Gasteiger partial charge in [0.25, 0.3) is 0 Å². The van der Waals surface area contributed by atoms with E-state index in [0.29, 0.717) is 12.5 Å². The Bertz CT molecular complexity index is 342. The molecule has 2 N–H and O–H groups in total. The van der Waals surface area contributed by atoms with Crippen molar-refractivity contribution in [1.82, 2.24) is 15.1 Å². The summed E-state index contributed by atoms with van der Waals surface area (Å²) in [5.74, 6) is -0.759. The average molecular weight is 209 g/mol. The zero-order valence-corrected chi connectivity index (χ0v) is 8.52. The van der Waals surface area contributed by atoms with Crippen LogP contribution in [0.15, 0.2) is 12.4 Å². The summed E-state index contributed by atoms with van der Waals surface area (Å²) in [6.45, 7) is 2.00. The molecule has 1 aromatic heterocycles. The summed E-state index contributed by atoms with van der Waals surface area (Å²) in [7, 11) is 0. The SMILES string of the molecule is O=C(O)CCc1cnn(C2CCNC2)c1. The molecule has 5 heteroatoms. The third kappa shape index (κ3) is 2.56. The van der Waals surface area contributed by atoms with Gasteiger partial charge in [0.05, 0.1) is 12.2 Å². The molecule has 0 bridgehead atoms. The highest BCUT2D eigenvalue weighted by Crippen LogP contribution is 2.14. The molecule has 0 radical (unpaired) electrons. The van der Waals surface area contributed by atoms with Gasteiger partial charge in [0, 0.05) is 19.2 Å². The van der Waals surface area contributed by atoms with Crippen LogP contribution in [0.4, 0.5) is 0 Å². The zero-order chi connectivity index (χ0) is 10.7. The minimum Gasteiger partial charge on any atom is -0.481 e. The lowest BCUT2D eigenvalue weighted by Gasteiger charge is -2.07. The normalized spacial score (nSPS) is 20.7. The molecule has 0 spiro atoms. The Morgan fingerprint density at radius 3 is 3.27 bits per heavy atom. The number of carbonyl (C=O) groups is 1. The molecule has 1 aliphatic rings. The summed E-state index contributed by atoms with van der Waals surface area (Å²) in [5.41, 5.74) is 1.00. The Morgan fingerprint density at radius 1 is 1.73 bits per heavy atom. The van der Waals surface area contributed by atoms with E-state index in [4.69, 9.17) is 5.11 Å². The molecule has 0 saturated carbocycles. The number of hydrogen-bond acceptors (Lipinski definition) is 3. The highest BCUT2D eigenvalue weighted by molar-refractivity contribution is 5.67. The predicted molar refractivity (Wildman–Crippen MR) is 54.7 cm³/mol. The first-order valence-electron chi connectivity index (χ1n) is 5.21. The standard InChI is InChI=1S/C10H15N3O2/c14-10(15)2-1-8-5-12-13(7-8)9-3-4-11-6-9/h5,7,9,11H,1-4,6H2,(H,14,15). The summed E-state index contributed by atoms with van der Waals surface area (Å²) in [5, 5.41) is 16.1. The molecule has 1 atom stereocenters. The van der Waals surface area contributed by atoms with Gasteiger partial charge in [-0.3, -0.25) is 9.48 Å². The Kier molecular flexibility index (Phi) is 3.01. The molecule has 2 heterocycles. The Hall–Kier alpha value is -1.36. The molecule has 0 aromatic carbocycles. The first-order valence-corrected chi connectivity index (χ1v) is 5.21. The molecule has 1 aliphatic heterocycles. The molecule has 5 nitrogen and oxygen atoms in total. The minimum atomic E-state index is -0.759. The molecule has 1 fully saturated rings. The molecule has 82 valence electrons. The summed E-state index contributed by atoms with van der Waals surface area (Å²) in [6.07, 6.45) is 5.56. The molecule has 0 aliphatic carbocycles. The van der Waals surface area contributed by atoms with Crippen LogP contribution in [-0.2, 0) is 11.2 Å². The zero-order valence-electron chi connectivity index (χ0n) is 8.52. The van der Waals surface area contributed by atoms with Crippen LogP contribution in [0, 0.1) is 0 Å². The van der Waals surface area contributed by atoms with Gasteiger partial charge in [-0.15, -0.1) is 0 Å². The Morgan fingerprint density at radius 2 is 2.60 bits per heavy atom. The quantitative estimate of drug-likeness (QED) is 0.755. The molecule has 1 saturated heterocycles. The Balaban J connectivity index is 1.94. The largest absolute Gasteiger partial charge is 0.481 e. The van der Waals surface area contributed by atoms with Crippen LogP contribution in [0.2, 0.25) is 0 Å². The fraction of sp³-hybridized carbons (Fsp3) is 0.600. The molecule has 15 heavy (non-hydrogen) atoms. The first-order chi connectivity index (χ1) is 7.25. The number of aliphatic carboxylic acids is 1. The first kappa shape index (κ1) is 10.2. The lowest BCUT2D eigenvalue weighted by Crippen LogP contribution is -2.13. The van der Waals surface area contributed by atoms with Gasteiger partial charge in [0.1, 0.15) is 0 Å². The smallest absolute Gasteiger partial charge is 0.303 e. The number of hydrogen-bond donors (Lipinski definition) is 2. The van der Waals surface area contributed by atoms with Crippen molar-refractivity contribution in [2.24, 2.45) is 0 Å². The van der Waals surface area contributed by atoms with Crippen molar-refractivity contribution in [1.29, 1.82) is 0 Å². The topological polar surface area (TPSA) is 67.1 Å². The van der Waals surface area contributed by atoms with E-state index in [1.807, 2.05) is 10.9 Å². The fourth-order valence-corrected chi connectivity index (χ4v) is 1.82. The maximum absolute atomic E-state index is 10.4. The van der Waals surface area contributed by atoms with E-state index >= 15 is 0 Å². The van der Waals surface area contributed by atoms with Crippen LogP contribution in [0.3, 0.4) is 0 Å². The van der Waals surface area contributed by atoms with Crippen LogP contribution in [0.5, 0.6) is 0 Å². The second-order valence-electron chi connectivity index (χ2n) is 3.87. The van der Waals surface area contributed by atoms with Gasteiger partial charge in [-0.2, -0.15) is 5.10 Å². The number of aromatic nitrogens is 2. The van der Waals surface area contributed by atoms with Crippen molar-refractivity contribution < 1.29 is 9.90 Å². The van der Waals surface area contributed by atoms with Gasteiger partial charge in [0.15, 0.2) is 0 Å². The highest BCUT2D eigenvalue weighted by atomic mass is 16.4. The molecule has 2 rings (SSSR count). The third-order valence-electron chi connectivity index (χ3n) is 2.69. The average Bonchev–Trinajstić information content (AvgIpc) is 2.85. The summed E-state index contributed by atoms with van der Waals surface area (Å²) in [4.78, 5) is 10.4. The van der Waals surface area contributed by atoms with Crippen molar-refractivity contribution >= 4 is 5.97 Å². The van der Waals surface area contributed by atoms with Gasteiger partial charge < -0.3 is 10.4 Å². The second kappa shape index (κ2) is 4.44. The van der Waals surface area contributed by atoms with Gasteiger partial charge in [-0.05, 0) is 24.9 Å². The highest BCUT2D eigenvalue weighted by Gasteiger charge is 2.16. The summed E-state index contributed by atoms with van der Waals surface area (Å²) < 4.78 is 1.94. The third-order valence-corrected chi connectivity index (χ3v) is 2.69. The van der Waals surface area contributed by atoms with E-state index in [9.17, 15) is 4.79 Å². The number of nitrogens with zero attached hydrogens (tertiary/aromatic N) is 2. The van der Waals surface area contributed by atoms with Gasteiger partial charge >= 0.3 is 5.97 Å². The van der Waals surface area contributed by atoms with Crippen molar-refractivity contribution in [2.45, 2.75) is 25.3 Å². The van der Waals surface area contributed by atoms with E-state index < -0.39 is 5.97 Å². The van der Waals surface area contributed by atoms with E-state index in [2.05, 4.69) is 10.4 Å². The van der Waals surface area contributed by atoms with Crippen LogP contribution < -0.4 is 5.32 Å². The monoisotopic (exact) mass is 209 g/mol. The van der Waals surface area contributed by atoms with Crippen LogP contribution in [0.25, 0.3) is 0 Å². The number of nitrogens with one attached hydrogen (secondary N) is 1. The summed E-state index contributed by atoms with van der Waals surface area (Å²) in [6, 6.07) is 0.434. The van der Waals surface area contributed by atoms with E-state index in [1.54, 1.807) is 6.20 Å². The molecule has 0 amide bonds. The van der Waals surface area contributed by atoms with Gasteiger partial charge in [-0.25, -0.2) is 0 Å². The lowest BCUT2D eigenvalue weighted by atomic mass is 10.2. The predicted octanol–water partition coefficient (Wildman–Crippen LogP) is 0.435. The lowest BCUT2D eigenvalue weighted by molar-refractivity contribution is -0.136. The number of carboxylic acid groups (broad SMARTS) is 1. The van der Waals surface area contributed by atoms with Crippen molar-refractivity contribution in [3.05, 3.63) is 18.0 Å².